The molecule has 1 aliphatic heterocycles. The lowest BCUT2D eigenvalue weighted by Gasteiger charge is -2.28. The first-order valence-electron chi connectivity index (χ1n) is 7.58. The van der Waals surface area contributed by atoms with Crippen molar-refractivity contribution in [3.8, 4) is 5.75 Å². The van der Waals surface area contributed by atoms with Gasteiger partial charge in [0.15, 0.2) is 0 Å². The van der Waals surface area contributed by atoms with Gasteiger partial charge >= 0.3 is 0 Å². The van der Waals surface area contributed by atoms with Crippen LogP contribution < -0.4 is 10.3 Å². The van der Waals surface area contributed by atoms with Gasteiger partial charge in [-0.2, -0.15) is 0 Å². The van der Waals surface area contributed by atoms with Gasteiger partial charge in [0.05, 0.1) is 5.69 Å². The lowest BCUT2D eigenvalue weighted by atomic mass is 10.1. The van der Waals surface area contributed by atoms with E-state index in [1.54, 1.807) is 28.9 Å². The van der Waals surface area contributed by atoms with Crippen LogP contribution in [-0.4, -0.2) is 45.6 Å². The third-order valence-corrected chi connectivity index (χ3v) is 4.32. The molecular formula is C16H20ClN3O3. The lowest BCUT2D eigenvalue weighted by molar-refractivity contribution is 0.0628. The number of aliphatic hydroxyl groups is 1. The zero-order chi connectivity index (χ0) is 16.4. The Hall–Kier alpha value is -1.76. The predicted molar refractivity (Wildman–Crippen MR) is 88.0 cm³/mol. The van der Waals surface area contributed by atoms with E-state index in [-0.39, 0.29) is 12.2 Å². The summed E-state index contributed by atoms with van der Waals surface area (Å²) in [4.78, 5) is 13.9. The summed E-state index contributed by atoms with van der Waals surface area (Å²) < 4.78 is 7.33. The van der Waals surface area contributed by atoms with Crippen LogP contribution in [-0.2, 0) is 20.0 Å². The minimum Gasteiger partial charge on any atom is -0.491 e. The second-order valence-electron chi connectivity index (χ2n) is 5.83. The van der Waals surface area contributed by atoms with E-state index in [4.69, 9.17) is 16.3 Å². The number of rotatable bonds is 5. The van der Waals surface area contributed by atoms with Crippen molar-refractivity contribution < 1.29 is 9.84 Å². The maximum Gasteiger partial charge on any atom is 0.267 e. The Kier molecular flexibility index (Phi) is 4.75. The summed E-state index contributed by atoms with van der Waals surface area (Å²) in [6.45, 7) is 2.14. The fraction of sp³-hybridized carbons (Fsp3) is 0.438. The van der Waals surface area contributed by atoms with Crippen LogP contribution in [0, 0.1) is 0 Å². The predicted octanol–water partition coefficient (Wildman–Crippen LogP) is 1.16. The topological polar surface area (TPSA) is 70.5 Å². The number of halogens is 1. The van der Waals surface area contributed by atoms with Crippen LogP contribution in [0.15, 0.2) is 29.1 Å². The zero-order valence-electron chi connectivity index (χ0n) is 13.0. The van der Waals surface area contributed by atoms with E-state index in [0.29, 0.717) is 30.3 Å². The number of aliphatic hydroxyl groups excluding tert-OH is 1. The van der Waals surface area contributed by atoms with Crippen molar-refractivity contribution in [1.29, 1.82) is 0 Å². The molecule has 0 aliphatic carbocycles. The number of nitrogens with zero attached hydrogens (tertiary/aromatic N) is 2. The number of β-amino-alcohol motifs (C(OH)–C–C–N with tert-alkyl or cyclic N) is 1. The molecule has 2 aromatic rings. The summed E-state index contributed by atoms with van der Waals surface area (Å²) in [5.41, 5.74) is 1.84. The van der Waals surface area contributed by atoms with E-state index in [0.717, 1.165) is 17.8 Å². The van der Waals surface area contributed by atoms with Crippen LogP contribution in [0.3, 0.4) is 0 Å². The SMILES string of the molecule is Cn1[nH]c(=O)c2c1CN(CC(O)COc1ccc(Cl)cc1)CC2. The number of aromatic nitrogens is 2. The Morgan fingerprint density at radius 2 is 2.13 bits per heavy atom. The van der Waals surface area contributed by atoms with Gasteiger partial charge in [0.25, 0.3) is 5.56 Å². The minimum atomic E-state index is -0.594. The minimum absolute atomic E-state index is 0.00577. The standard InChI is InChI=1S/C16H20ClN3O3/c1-19-15-9-20(7-6-14(15)16(22)18-19)8-12(21)10-23-13-4-2-11(17)3-5-13/h2-5,12,21H,6-10H2,1H3,(H,18,22). The van der Waals surface area contributed by atoms with Crippen molar-refractivity contribution in [3.05, 3.63) is 50.9 Å². The molecule has 3 rings (SSSR count). The van der Waals surface area contributed by atoms with Gasteiger partial charge in [-0.3, -0.25) is 19.5 Å². The van der Waals surface area contributed by atoms with E-state index in [2.05, 4.69) is 10.00 Å². The Bertz CT molecular complexity index is 723. The number of hydrogen-bond acceptors (Lipinski definition) is 4. The second kappa shape index (κ2) is 6.78. The fourth-order valence-electron chi connectivity index (χ4n) is 2.87. The van der Waals surface area contributed by atoms with Crippen molar-refractivity contribution in [1.82, 2.24) is 14.7 Å². The summed E-state index contributed by atoms with van der Waals surface area (Å²) in [7, 11) is 1.84. The summed E-state index contributed by atoms with van der Waals surface area (Å²) in [5, 5.41) is 13.6. The molecule has 0 saturated heterocycles. The van der Waals surface area contributed by atoms with Crippen molar-refractivity contribution >= 4 is 11.6 Å². The average Bonchev–Trinajstić information content (AvgIpc) is 2.81. The lowest BCUT2D eigenvalue weighted by Crippen LogP contribution is -2.39. The van der Waals surface area contributed by atoms with E-state index >= 15 is 0 Å². The molecule has 1 aliphatic rings. The molecule has 0 amide bonds. The third kappa shape index (κ3) is 3.77. The van der Waals surface area contributed by atoms with Crippen molar-refractivity contribution in [2.75, 3.05) is 19.7 Å². The number of aromatic amines is 1. The smallest absolute Gasteiger partial charge is 0.267 e. The number of benzene rings is 1. The highest BCUT2D eigenvalue weighted by molar-refractivity contribution is 6.30. The Labute approximate surface area is 139 Å². The van der Waals surface area contributed by atoms with Gasteiger partial charge in [0.1, 0.15) is 18.5 Å². The normalized spacial score (nSPS) is 16.1. The van der Waals surface area contributed by atoms with Crippen LogP contribution in [0.25, 0.3) is 0 Å². The summed E-state index contributed by atoms with van der Waals surface area (Å²) >= 11 is 5.82. The van der Waals surface area contributed by atoms with E-state index in [1.165, 1.54) is 0 Å². The van der Waals surface area contributed by atoms with Crippen molar-refractivity contribution in [2.45, 2.75) is 19.1 Å². The molecule has 2 N–H and O–H groups in total. The first-order valence-corrected chi connectivity index (χ1v) is 7.96. The molecule has 7 heteroatoms. The quantitative estimate of drug-likeness (QED) is 0.859. The van der Waals surface area contributed by atoms with Gasteiger partial charge in [0.2, 0.25) is 0 Å². The second-order valence-corrected chi connectivity index (χ2v) is 6.27. The van der Waals surface area contributed by atoms with Crippen molar-refractivity contribution in [2.24, 2.45) is 7.05 Å². The molecule has 23 heavy (non-hydrogen) atoms. The molecule has 1 atom stereocenters. The highest BCUT2D eigenvalue weighted by Crippen LogP contribution is 2.17. The molecular weight excluding hydrogens is 318 g/mol. The van der Waals surface area contributed by atoms with Gasteiger partial charge in [-0.05, 0) is 30.7 Å². The summed E-state index contributed by atoms with van der Waals surface area (Å²) in [5.74, 6) is 0.683. The number of nitrogens with one attached hydrogen (secondary N) is 1. The molecule has 0 radical (unpaired) electrons. The van der Waals surface area contributed by atoms with Crippen LogP contribution in [0.4, 0.5) is 0 Å². The van der Waals surface area contributed by atoms with Crippen LogP contribution >= 0.6 is 11.6 Å². The molecule has 124 valence electrons. The molecule has 1 aromatic heterocycles. The molecule has 0 spiro atoms. The monoisotopic (exact) mass is 337 g/mol. The fourth-order valence-corrected chi connectivity index (χ4v) is 3.00. The molecule has 1 unspecified atom stereocenters. The molecule has 2 heterocycles. The first-order chi connectivity index (χ1) is 11.0. The molecule has 0 saturated carbocycles. The number of ether oxygens (including phenoxy) is 1. The highest BCUT2D eigenvalue weighted by atomic mass is 35.5. The Balaban J connectivity index is 1.52. The van der Waals surface area contributed by atoms with Gasteiger partial charge in [-0.15, -0.1) is 0 Å². The van der Waals surface area contributed by atoms with E-state index < -0.39 is 6.10 Å². The van der Waals surface area contributed by atoms with Gasteiger partial charge in [-0.25, -0.2) is 0 Å². The largest absolute Gasteiger partial charge is 0.491 e. The number of aryl methyl sites for hydroxylation is 1. The first kappa shape index (κ1) is 16.1. The van der Waals surface area contributed by atoms with Gasteiger partial charge in [0, 0.05) is 37.3 Å². The number of hydrogen-bond donors (Lipinski definition) is 2. The molecule has 1 aromatic carbocycles. The zero-order valence-corrected chi connectivity index (χ0v) is 13.7. The highest BCUT2D eigenvalue weighted by Gasteiger charge is 2.23. The molecule has 0 bridgehead atoms. The van der Waals surface area contributed by atoms with E-state index in [9.17, 15) is 9.90 Å². The number of fused-ring (bicyclic) bond motifs is 1. The third-order valence-electron chi connectivity index (χ3n) is 4.07. The summed E-state index contributed by atoms with van der Waals surface area (Å²) in [6.07, 6.45) is 0.110. The maximum atomic E-state index is 11.7. The summed E-state index contributed by atoms with van der Waals surface area (Å²) in [6, 6.07) is 7.05. The Morgan fingerprint density at radius 3 is 2.87 bits per heavy atom. The molecule has 6 nitrogen and oxygen atoms in total. The van der Waals surface area contributed by atoms with Crippen LogP contribution in [0.2, 0.25) is 5.02 Å². The maximum absolute atomic E-state index is 11.7. The van der Waals surface area contributed by atoms with Crippen molar-refractivity contribution in [3.63, 3.8) is 0 Å². The van der Waals surface area contributed by atoms with Crippen LogP contribution in [0.1, 0.15) is 11.3 Å². The van der Waals surface area contributed by atoms with Crippen LogP contribution in [0.5, 0.6) is 5.75 Å². The molecule has 0 fully saturated rings. The average molecular weight is 338 g/mol. The van der Waals surface area contributed by atoms with Gasteiger partial charge in [-0.1, -0.05) is 11.6 Å². The number of H-pyrrole nitrogens is 1. The van der Waals surface area contributed by atoms with Gasteiger partial charge < -0.3 is 9.84 Å². The Morgan fingerprint density at radius 1 is 1.39 bits per heavy atom. The van der Waals surface area contributed by atoms with E-state index in [1.807, 2.05) is 7.05 Å².